The zero-order valence-electron chi connectivity index (χ0n) is 13.9. The Balaban J connectivity index is 0.00000261. The Morgan fingerprint density at radius 1 is 0.963 bits per heavy atom. The van der Waals surface area contributed by atoms with Crippen LogP contribution in [0.4, 0.5) is 17.6 Å². The van der Waals surface area contributed by atoms with E-state index in [0.29, 0.717) is 0 Å². The molecular weight excluding hydrogens is 452 g/mol. The van der Waals surface area contributed by atoms with Gasteiger partial charge in [-0.1, -0.05) is 64.5 Å². The van der Waals surface area contributed by atoms with Gasteiger partial charge in [-0.2, -0.15) is 13.2 Å². The van der Waals surface area contributed by atoms with E-state index in [1.807, 2.05) is 0 Å². The van der Waals surface area contributed by atoms with Gasteiger partial charge in [0, 0.05) is 47.8 Å². The fourth-order valence-electron chi connectivity index (χ4n) is 2.75. The van der Waals surface area contributed by atoms with Crippen molar-refractivity contribution in [2.24, 2.45) is 0 Å². The van der Waals surface area contributed by atoms with Gasteiger partial charge in [0.2, 0.25) is 5.67 Å². The number of benzene rings is 2. The molecule has 0 radical (unpaired) electrons. The Kier molecular flexibility index (Phi) is 7.59. The average molecular weight is 467 g/mol. The Hall–Kier alpha value is -0.820. The number of hydrogen-bond acceptors (Lipinski definition) is 1. The van der Waals surface area contributed by atoms with E-state index >= 15 is 4.39 Å². The van der Waals surface area contributed by atoms with Crippen LogP contribution in [0.25, 0.3) is 5.57 Å². The van der Waals surface area contributed by atoms with Crippen LogP contribution < -0.4 is 0 Å². The minimum absolute atomic E-state index is 0. The first-order valence-corrected chi connectivity index (χ1v) is 8.68. The van der Waals surface area contributed by atoms with Gasteiger partial charge in [0.1, 0.15) is 12.4 Å². The van der Waals surface area contributed by atoms with E-state index in [-0.39, 0.29) is 55.7 Å². The van der Waals surface area contributed by atoms with Crippen molar-refractivity contribution >= 4 is 21.5 Å². The van der Waals surface area contributed by atoms with Gasteiger partial charge < -0.3 is 4.74 Å². The number of halogens is 5. The van der Waals surface area contributed by atoms with Crippen LogP contribution in [0.2, 0.25) is 0 Å². The molecule has 0 fully saturated rings. The van der Waals surface area contributed by atoms with E-state index in [1.165, 1.54) is 18.2 Å². The summed E-state index contributed by atoms with van der Waals surface area (Å²) in [5.41, 5.74) is -2.90. The van der Waals surface area contributed by atoms with Crippen molar-refractivity contribution in [2.75, 3.05) is 0 Å². The predicted molar refractivity (Wildman–Crippen MR) is 95.9 cm³/mol. The molecule has 3 rings (SSSR count). The number of rotatable bonds is 4. The molecule has 0 spiro atoms. The molecule has 1 nitrogen and oxygen atoms in total. The van der Waals surface area contributed by atoms with Crippen molar-refractivity contribution in [2.45, 2.75) is 24.9 Å². The summed E-state index contributed by atoms with van der Waals surface area (Å²) in [6.07, 6.45) is -3.36. The molecule has 27 heavy (non-hydrogen) atoms. The van der Waals surface area contributed by atoms with Crippen molar-refractivity contribution in [1.82, 2.24) is 0 Å². The summed E-state index contributed by atoms with van der Waals surface area (Å²) in [4.78, 5) is 0. The molecule has 1 unspecified atom stereocenters. The first-order chi connectivity index (χ1) is 12.3. The molecule has 0 saturated carbocycles. The normalized spacial score (nSPS) is 19.6. The van der Waals surface area contributed by atoms with E-state index in [9.17, 15) is 13.2 Å². The first-order valence-electron chi connectivity index (χ1n) is 7.89. The van der Waals surface area contributed by atoms with Gasteiger partial charge >= 0.3 is 6.18 Å². The smallest absolute Gasteiger partial charge is 0.427 e. The number of allylic oxidation sites excluding steroid dienone is 4. The number of ether oxygens (including phenoxy) is 1. The molecule has 0 saturated heterocycles. The minimum atomic E-state index is -5.05. The molecule has 2 aromatic carbocycles. The average Bonchev–Trinajstić information content (AvgIpc) is 2.61. The van der Waals surface area contributed by atoms with Crippen LogP contribution >= 0.6 is 15.9 Å². The van der Waals surface area contributed by atoms with Crippen molar-refractivity contribution in [3.05, 3.63) is 88.1 Å². The summed E-state index contributed by atoms with van der Waals surface area (Å²) < 4.78 is 62.1. The number of alkyl halides is 4. The molecular formula is C20H15ArBrF4O. The molecule has 0 bridgehead atoms. The van der Waals surface area contributed by atoms with Crippen LogP contribution in [0, 0.1) is 37.7 Å². The molecule has 144 valence electrons. The summed E-state index contributed by atoms with van der Waals surface area (Å²) in [7, 11) is 0. The van der Waals surface area contributed by atoms with Crippen LogP contribution in [0.5, 0.6) is 0 Å². The second-order valence-corrected chi connectivity index (χ2v) is 6.89. The van der Waals surface area contributed by atoms with E-state index in [1.54, 1.807) is 42.5 Å². The third-order valence-corrected chi connectivity index (χ3v) is 4.68. The minimum Gasteiger partial charge on any atom is -0.493 e. The Labute approximate surface area is 193 Å². The number of hydrogen-bond donors (Lipinski definition) is 0. The molecule has 1 aliphatic rings. The van der Waals surface area contributed by atoms with Crippen molar-refractivity contribution < 1.29 is 60.0 Å². The van der Waals surface area contributed by atoms with Gasteiger partial charge in [-0.25, -0.2) is 4.39 Å². The standard InChI is InChI=1S/C20H15BrF4O.Ar/c21-16-8-6-14(7-9-16)13-26-17-10-11-18(15-4-2-1-3-5-15)19(22,12-17)20(23,24)25;/h1-11H,12-13H2;. The van der Waals surface area contributed by atoms with Gasteiger partial charge in [0.25, 0.3) is 0 Å². The van der Waals surface area contributed by atoms with Gasteiger partial charge in [0.05, 0.1) is 6.42 Å². The van der Waals surface area contributed by atoms with Gasteiger partial charge in [-0.3, -0.25) is 0 Å². The molecule has 7 heteroatoms. The fraction of sp³-hybridized carbons (Fsp3) is 0.200. The van der Waals surface area contributed by atoms with E-state index in [2.05, 4.69) is 15.9 Å². The molecule has 0 aliphatic heterocycles. The summed E-state index contributed by atoms with van der Waals surface area (Å²) in [6, 6.07) is 14.9. The molecule has 1 aliphatic carbocycles. The van der Waals surface area contributed by atoms with Crippen molar-refractivity contribution in [1.29, 1.82) is 0 Å². The van der Waals surface area contributed by atoms with Crippen LogP contribution in [0.3, 0.4) is 0 Å². The summed E-state index contributed by atoms with van der Waals surface area (Å²) in [5.74, 6) is -0.0348. The zero-order chi connectivity index (χ0) is 18.8. The Bertz CT molecular complexity index is 831. The molecule has 0 amide bonds. The molecule has 0 heterocycles. The predicted octanol–water partition coefficient (Wildman–Crippen LogP) is 6.61. The van der Waals surface area contributed by atoms with Crippen molar-refractivity contribution in [3.63, 3.8) is 0 Å². The SMILES string of the molecule is FC(F)(F)C1(F)CC(OCc2ccc(Br)cc2)=CC=C1c1ccccc1.[Ar]. The van der Waals surface area contributed by atoms with E-state index in [4.69, 9.17) is 4.74 Å². The summed E-state index contributed by atoms with van der Waals surface area (Å²) in [6.45, 7) is 0.0710. The molecule has 0 aromatic heterocycles. The van der Waals surface area contributed by atoms with Crippen molar-refractivity contribution in [3.8, 4) is 0 Å². The fourth-order valence-corrected chi connectivity index (χ4v) is 3.02. The maximum atomic E-state index is 15.1. The monoisotopic (exact) mass is 466 g/mol. The molecule has 1 atom stereocenters. The van der Waals surface area contributed by atoms with Crippen LogP contribution in [-0.4, -0.2) is 11.8 Å². The van der Waals surface area contributed by atoms with Crippen LogP contribution in [0.1, 0.15) is 17.5 Å². The topological polar surface area (TPSA) is 9.23 Å². The molecule has 0 N–H and O–H groups in total. The quantitative estimate of drug-likeness (QED) is 0.460. The second kappa shape index (κ2) is 9.12. The third-order valence-electron chi connectivity index (χ3n) is 4.15. The van der Waals surface area contributed by atoms with Crippen LogP contribution in [-0.2, 0) is 11.3 Å². The van der Waals surface area contributed by atoms with E-state index < -0.39 is 23.8 Å². The van der Waals surface area contributed by atoms with Gasteiger partial charge in [0.15, 0.2) is 0 Å². The first kappa shape index (κ1) is 22.5. The second-order valence-electron chi connectivity index (χ2n) is 5.97. The molecule has 2 aromatic rings. The van der Waals surface area contributed by atoms with Gasteiger partial charge in [-0.15, -0.1) is 0 Å². The summed E-state index contributed by atoms with van der Waals surface area (Å²) >= 11 is 3.30. The maximum Gasteiger partial charge on any atom is 0.427 e. The Morgan fingerprint density at radius 3 is 2.19 bits per heavy atom. The van der Waals surface area contributed by atoms with Gasteiger partial charge in [-0.05, 0) is 29.3 Å². The maximum absolute atomic E-state index is 15.1. The largest absolute Gasteiger partial charge is 0.493 e. The Morgan fingerprint density at radius 2 is 1.59 bits per heavy atom. The zero-order valence-corrected chi connectivity index (χ0v) is 16.2. The van der Waals surface area contributed by atoms with Crippen LogP contribution in [0.15, 0.2) is 77.0 Å². The van der Waals surface area contributed by atoms with E-state index in [0.717, 1.165) is 16.1 Å². The summed E-state index contributed by atoms with van der Waals surface area (Å²) in [5, 5.41) is 0. The third kappa shape index (κ3) is 5.17.